The molecule has 134 valence electrons. The van der Waals surface area contributed by atoms with Gasteiger partial charge in [0.25, 0.3) is 0 Å². The third-order valence-electron chi connectivity index (χ3n) is 4.79. The normalized spacial score (nSPS) is 16.5. The number of aromatic nitrogens is 4. The first-order valence-corrected chi connectivity index (χ1v) is 9.76. The molecule has 25 heavy (non-hydrogen) atoms. The molecular weight excluding hydrogens is 334 g/mol. The molecule has 1 aliphatic heterocycles. The molecule has 7 heteroatoms. The number of benzene rings is 1. The minimum absolute atomic E-state index is 0.183. The number of likely N-dealkylation sites (tertiary alicyclic amines) is 1. The molecule has 1 aliphatic rings. The zero-order valence-electron chi connectivity index (χ0n) is 15.1. The molecule has 1 saturated heterocycles. The van der Waals surface area contributed by atoms with Crippen LogP contribution in [0.5, 0.6) is 0 Å². The maximum atomic E-state index is 12.8. The highest BCUT2D eigenvalue weighted by Gasteiger charge is 2.25. The van der Waals surface area contributed by atoms with E-state index < -0.39 is 0 Å². The smallest absolute Gasteiger partial charge is 0.235 e. The van der Waals surface area contributed by atoms with Crippen LogP contribution in [0, 0.1) is 13.8 Å². The van der Waals surface area contributed by atoms with Gasteiger partial charge in [-0.3, -0.25) is 4.79 Å². The van der Waals surface area contributed by atoms with Crippen molar-refractivity contribution in [2.45, 2.75) is 56.9 Å². The molecule has 0 spiro atoms. The quantitative estimate of drug-likeness (QED) is 0.785. The summed E-state index contributed by atoms with van der Waals surface area (Å²) in [7, 11) is 0. The Morgan fingerprint density at radius 1 is 1.16 bits per heavy atom. The van der Waals surface area contributed by atoms with Gasteiger partial charge in [0.1, 0.15) is 0 Å². The first kappa shape index (κ1) is 17.9. The van der Waals surface area contributed by atoms with E-state index >= 15 is 0 Å². The van der Waals surface area contributed by atoms with E-state index in [1.807, 2.05) is 24.0 Å². The van der Waals surface area contributed by atoms with Crippen LogP contribution in [0.2, 0.25) is 0 Å². The summed E-state index contributed by atoms with van der Waals surface area (Å²) in [6.45, 7) is 7.81. The van der Waals surface area contributed by atoms with Crippen molar-refractivity contribution < 1.29 is 4.79 Å². The predicted molar refractivity (Wildman–Crippen MR) is 99.0 cm³/mol. The predicted octanol–water partition coefficient (Wildman–Crippen LogP) is 3.16. The highest BCUT2D eigenvalue weighted by atomic mass is 32.2. The van der Waals surface area contributed by atoms with Crippen molar-refractivity contribution in [2.75, 3.05) is 13.1 Å². The summed E-state index contributed by atoms with van der Waals surface area (Å²) >= 11 is 1.43. The molecule has 3 rings (SSSR count). The number of hydrogen-bond acceptors (Lipinski definition) is 5. The molecule has 1 atom stereocenters. The molecule has 0 radical (unpaired) electrons. The average molecular weight is 359 g/mol. The maximum Gasteiger partial charge on any atom is 0.235 e. The number of thioether (sulfide) groups is 1. The molecule has 2 heterocycles. The third kappa shape index (κ3) is 4.03. The van der Waals surface area contributed by atoms with Crippen LogP contribution < -0.4 is 0 Å². The zero-order valence-corrected chi connectivity index (χ0v) is 15.9. The number of rotatable bonds is 4. The molecule has 0 aliphatic carbocycles. The third-order valence-corrected chi connectivity index (χ3v) is 5.81. The van der Waals surface area contributed by atoms with E-state index in [0.29, 0.717) is 5.16 Å². The van der Waals surface area contributed by atoms with Crippen LogP contribution in [0.15, 0.2) is 23.4 Å². The fourth-order valence-electron chi connectivity index (χ4n) is 3.13. The number of carbonyl (C=O) groups is 1. The van der Waals surface area contributed by atoms with Gasteiger partial charge >= 0.3 is 0 Å². The second kappa shape index (κ2) is 7.99. The molecule has 0 N–H and O–H groups in total. The van der Waals surface area contributed by atoms with Crippen LogP contribution in [0.25, 0.3) is 5.69 Å². The van der Waals surface area contributed by atoms with Gasteiger partial charge in [0.05, 0.1) is 10.9 Å². The van der Waals surface area contributed by atoms with Crippen LogP contribution in [-0.2, 0) is 4.79 Å². The average Bonchev–Trinajstić information content (AvgIpc) is 2.89. The van der Waals surface area contributed by atoms with E-state index in [0.717, 1.165) is 37.2 Å². The van der Waals surface area contributed by atoms with Crippen molar-refractivity contribution >= 4 is 17.7 Å². The van der Waals surface area contributed by atoms with Crippen LogP contribution in [0.4, 0.5) is 0 Å². The minimum atomic E-state index is -0.201. The van der Waals surface area contributed by atoms with E-state index in [9.17, 15) is 4.79 Å². The summed E-state index contributed by atoms with van der Waals surface area (Å²) in [6, 6.07) is 6.07. The Morgan fingerprint density at radius 2 is 1.88 bits per heavy atom. The molecule has 2 aromatic rings. The Labute approximate surface area is 153 Å². The van der Waals surface area contributed by atoms with Gasteiger partial charge in [0.2, 0.25) is 11.1 Å². The monoisotopic (exact) mass is 359 g/mol. The number of amides is 1. The first-order valence-electron chi connectivity index (χ1n) is 8.88. The molecule has 1 unspecified atom stereocenters. The van der Waals surface area contributed by atoms with Crippen molar-refractivity contribution in [1.29, 1.82) is 0 Å². The van der Waals surface area contributed by atoms with Gasteiger partial charge < -0.3 is 4.90 Å². The summed E-state index contributed by atoms with van der Waals surface area (Å²) in [5.41, 5.74) is 3.29. The number of nitrogens with zero attached hydrogens (tertiary/aromatic N) is 5. The van der Waals surface area contributed by atoms with E-state index in [1.54, 1.807) is 4.68 Å². The van der Waals surface area contributed by atoms with E-state index in [4.69, 9.17) is 0 Å². The van der Waals surface area contributed by atoms with Crippen LogP contribution in [0.3, 0.4) is 0 Å². The molecule has 1 amide bonds. The fraction of sp³-hybridized carbons (Fsp3) is 0.556. The molecule has 6 nitrogen and oxygen atoms in total. The lowest BCUT2D eigenvalue weighted by Crippen LogP contribution is -2.37. The van der Waals surface area contributed by atoms with Gasteiger partial charge in [-0.15, -0.1) is 5.10 Å². The lowest BCUT2D eigenvalue weighted by molar-refractivity contribution is -0.130. The van der Waals surface area contributed by atoms with Crippen molar-refractivity contribution in [3.8, 4) is 5.69 Å². The fourth-order valence-corrected chi connectivity index (χ4v) is 4.01. The first-order chi connectivity index (χ1) is 12.1. The lowest BCUT2D eigenvalue weighted by atomic mass is 10.1. The van der Waals surface area contributed by atoms with Gasteiger partial charge in [-0.1, -0.05) is 36.7 Å². The van der Waals surface area contributed by atoms with Gasteiger partial charge in [-0.05, 0) is 61.2 Å². The topological polar surface area (TPSA) is 63.9 Å². The Kier molecular flexibility index (Phi) is 5.73. The van der Waals surface area contributed by atoms with Gasteiger partial charge in [0.15, 0.2) is 0 Å². The number of aryl methyl sites for hydroxylation is 1. The molecular formula is C18H25N5OS. The Morgan fingerprint density at radius 3 is 2.60 bits per heavy atom. The molecule has 1 fully saturated rings. The summed E-state index contributed by atoms with van der Waals surface area (Å²) in [5.74, 6) is 0.183. The SMILES string of the molecule is Cc1cccc(-n2nnnc2SC(C)C(=O)N2CCCCCC2)c1C. The van der Waals surface area contributed by atoms with Crippen molar-refractivity contribution in [1.82, 2.24) is 25.1 Å². The summed E-state index contributed by atoms with van der Waals surface area (Å²) < 4.78 is 1.74. The maximum absolute atomic E-state index is 12.8. The van der Waals surface area contributed by atoms with Crippen LogP contribution >= 0.6 is 11.8 Å². The molecule has 0 bridgehead atoms. The Hall–Kier alpha value is -1.89. The largest absolute Gasteiger partial charge is 0.342 e. The lowest BCUT2D eigenvalue weighted by Gasteiger charge is -2.23. The van der Waals surface area contributed by atoms with Crippen LogP contribution in [0.1, 0.15) is 43.7 Å². The van der Waals surface area contributed by atoms with Crippen molar-refractivity contribution in [3.63, 3.8) is 0 Å². The van der Waals surface area contributed by atoms with E-state index in [1.165, 1.54) is 30.2 Å². The Balaban J connectivity index is 1.76. The van der Waals surface area contributed by atoms with E-state index in [-0.39, 0.29) is 11.2 Å². The summed E-state index contributed by atoms with van der Waals surface area (Å²) in [5, 5.41) is 12.6. The highest BCUT2D eigenvalue weighted by Crippen LogP contribution is 2.26. The second-order valence-corrected chi connectivity index (χ2v) is 7.90. The standard InChI is InChI=1S/C18H25N5OS/c1-13-9-8-10-16(14(13)2)23-18(19-20-21-23)25-15(3)17(24)22-11-6-4-5-7-12-22/h8-10,15H,4-7,11-12H2,1-3H3. The molecule has 0 saturated carbocycles. The summed E-state index contributed by atoms with van der Waals surface area (Å²) in [4.78, 5) is 14.8. The summed E-state index contributed by atoms with van der Waals surface area (Å²) in [6.07, 6.45) is 4.64. The van der Waals surface area contributed by atoms with Crippen molar-refractivity contribution in [2.24, 2.45) is 0 Å². The highest BCUT2D eigenvalue weighted by molar-refractivity contribution is 8.00. The van der Waals surface area contributed by atoms with Crippen molar-refractivity contribution in [3.05, 3.63) is 29.3 Å². The number of carbonyl (C=O) groups excluding carboxylic acids is 1. The van der Waals surface area contributed by atoms with Gasteiger partial charge in [-0.2, -0.15) is 4.68 Å². The van der Waals surface area contributed by atoms with Gasteiger partial charge in [-0.25, -0.2) is 0 Å². The van der Waals surface area contributed by atoms with Crippen LogP contribution in [-0.4, -0.2) is 49.4 Å². The van der Waals surface area contributed by atoms with E-state index in [2.05, 4.69) is 35.4 Å². The number of hydrogen-bond donors (Lipinski definition) is 0. The zero-order chi connectivity index (χ0) is 17.8. The minimum Gasteiger partial charge on any atom is -0.342 e. The van der Waals surface area contributed by atoms with Gasteiger partial charge in [0, 0.05) is 13.1 Å². The molecule has 1 aromatic carbocycles. The number of tetrazole rings is 1. The molecule has 1 aromatic heterocycles. The second-order valence-electron chi connectivity index (χ2n) is 6.59. The Bertz CT molecular complexity index is 737.